The first-order valence-corrected chi connectivity index (χ1v) is 34.3. The number of piperidine rings is 4. The molecule has 4 N–H and O–H groups in total. The normalized spacial score (nSPS) is 22.7. The van der Waals surface area contributed by atoms with Crippen LogP contribution in [-0.2, 0) is 40.3 Å². The molecule has 7 fully saturated rings. The van der Waals surface area contributed by atoms with E-state index in [0.29, 0.717) is 55.6 Å². The van der Waals surface area contributed by atoms with Gasteiger partial charge in [0.1, 0.15) is 25.3 Å². The van der Waals surface area contributed by atoms with E-state index in [1.165, 1.54) is 64.2 Å². The first-order chi connectivity index (χ1) is 43.7. The second-order valence-electron chi connectivity index (χ2n) is 27.3. The van der Waals surface area contributed by atoms with E-state index in [1.807, 2.05) is 81.5 Å². The van der Waals surface area contributed by atoms with Crippen LogP contribution in [0.5, 0.6) is 0 Å². The summed E-state index contributed by atoms with van der Waals surface area (Å²) in [6.07, 6.45) is 27.7. The van der Waals surface area contributed by atoms with Crippen molar-refractivity contribution >= 4 is 57.9 Å². The predicted molar refractivity (Wildman–Crippen MR) is 346 cm³/mol. The standard InChI is InChI=1S/C35H45ClN8O.C33H46ClF2N7O2/c36-28-12-10-26(11-13-28)22-32(39-29-14-18-43(19-15-29)34-40-30-8-4-5-9-31(30)41-34)33(45)42-20-16-35(17-21-42,23-44-25-37-24-38-44)27-6-2-1-3-7-27;34-26-8-6-24(7-9-26)18-28(40-27-10-14-41(15-11-27)31(45)29-19-33(35,36)20-38-29)30(44)42-16-12-32(13-17-42,21-43-23-37-22-39-43)25-4-2-1-3-5-25/h4-5,8-13,24-25,27,29,32,39H,1-3,6-7,14-23H2,(H,40,41);6-9,22-23,25,27-29,38,40H,1-5,10-21H2/t32-;28-,29+/m11/s1. The fourth-order valence-corrected chi connectivity index (χ4v) is 16.6. The first-order valence-electron chi connectivity index (χ1n) is 33.6. The SMILES string of the molecule is O=C([C@@H](Cc1ccc(Cl)cc1)NC1CCN(c2nc3ccccc3[nH]2)CC1)N1CCC(Cn2cncn2)(C2CCCCC2)CC1.O=C([C@@H]1CC(F)(F)CN1)N1CCC(N[C@H](Cc2ccc(Cl)cc2)C(=O)N2CCC(Cn3cncn3)(C3CCCCC3)CC2)CC1. The molecule has 2 saturated carbocycles. The van der Waals surface area contributed by atoms with Crippen LogP contribution >= 0.6 is 23.2 Å². The first kappa shape index (κ1) is 64.1. The lowest BCUT2D eigenvalue weighted by molar-refractivity contribution is -0.138. The van der Waals surface area contributed by atoms with E-state index in [-0.39, 0.29) is 46.7 Å². The molecule has 3 aromatic carbocycles. The minimum atomic E-state index is -2.84. The Morgan fingerprint density at radius 2 is 1.04 bits per heavy atom. The smallest absolute Gasteiger partial charge is 0.262 e. The number of likely N-dealkylation sites (tertiary alicyclic amines) is 3. The molecule has 90 heavy (non-hydrogen) atoms. The molecule has 3 aromatic heterocycles. The van der Waals surface area contributed by atoms with Crippen LogP contribution in [0, 0.1) is 22.7 Å². The number of carbonyl (C=O) groups is 3. The van der Waals surface area contributed by atoms with Crippen LogP contribution in [0.4, 0.5) is 14.7 Å². The molecule has 0 radical (unpaired) electrons. The van der Waals surface area contributed by atoms with E-state index < -0.39 is 31.0 Å². The maximum absolute atomic E-state index is 14.3. The highest BCUT2D eigenvalue weighted by Crippen LogP contribution is 2.49. The molecular weight excluding hydrogens is 1180 g/mol. The number of H-pyrrole nitrogens is 1. The number of halogens is 4. The molecule has 2 aliphatic carbocycles. The molecule has 484 valence electrons. The van der Waals surface area contributed by atoms with Crippen molar-refractivity contribution in [3.05, 3.63) is 119 Å². The zero-order valence-electron chi connectivity index (χ0n) is 52.1. The second-order valence-corrected chi connectivity index (χ2v) is 28.1. The van der Waals surface area contributed by atoms with Crippen LogP contribution < -0.4 is 20.9 Å². The lowest BCUT2D eigenvalue weighted by Gasteiger charge is -2.48. The molecule has 8 heterocycles. The number of carbonyl (C=O) groups excluding carboxylic acids is 3. The zero-order valence-corrected chi connectivity index (χ0v) is 53.6. The number of fused-ring (bicyclic) bond motifs is 1. The number of imidazole rings is 1. The van der Waals surface area contributed by atoms with Gasteiger partial charge in [-0.05, 0) is 160 Å². The number of hydrogen-bond acceptors (Lipinski definition) is 12. The molecule has 13 rings (SSSR count). The summed E-state index contributed by atoms with van der Waals surface area (Å²) in [7, 11) is 0. The van der Waals surface area contributed by atoms with Gasteiger partial charge in [-0.1, -0.05) is 98.1 Å². The number of hydrogen-bond donors (Lipinski definition) is 4. The molecule has 22 heteroatoms. The van der Waals surface area contributed by atoms with Crippen LogP contribution in [0.1, 0.15) is 133 Å². The number of benzene rings is 3. The number of amides is 3. The molecular formula is C68H91Cl2F2N15O3. The summed E-state index contributed by atoms with van der Waals surface area (Å²) in [5.41, 5.74) is 4.51. The van der Waals surface area contributed by atoms with E-state index >= 15 is 0 Å². The van der Waals surface area contributed by atoms with Crippen molar-refractivity contribution in [3.63, 3.8) is 0 Å². The Labute approximate surface area is 538 Å². The highest BCUT2D eigenvalue weighted by molar-refractivity contribution is 6.30. The summed E-state index contributed by atoms with van der Waals surface area (Å²) in [6.45, 7) is 7.09. The van der Waals surface area contributed by atoms with Crippen molar-refractivity contribution in [1.29, 1.82) is 0 Å². The van der Waals surface area contributed by atoms with Crippen molar-refractivity contribution in [2.45, 2.75) is 184 Å². The third kappa shape index (κ3) is 15.9. The Hall–Kier alpha value is -6.06. The van der Waals surface area contributed by atoms with Gasteiger partial charge in [-0.15, -0.1) is 0 Å². The maximum atomic E-state index is 14.3. The Balaban J connectivity index is 0.000000174. The van der Waals surface area contributed by atoms with Crippen molar-refractivity contribution in [1.82, 2.24) is 70.1 Å². The van der Waals surface area contributed by atoms with E-state index in [1.54, 1.807) is 17.6 Å². The molecule has 5 saturated heterocycles. The molecule has 0 spiro atoms. The average Bonchev–Trinajstić information content (AvgIpc) is 1.15. The zero-order chi connectivity index (χ0) is 62.1. The Morgan fingerprint density at radius 1 is 0.578 bits per heavy atom. The van der Waals surface area contributed by atoms with E-state index in [2.05, 4.69) is 69.1 Å². The molecule has 3 atom stereocenters. The summed E-state index contributed by atoms with van der Waals surface area (Å²) < 4.78 is 31.4. The lowest BCUT2D eigenvalue weighted by atomic mass is 9.63. The van der Waals surface area contributed by atoms with Gasteiger partial charge in [0.25, 0.3) is 5.92 Å². The van der Waals surface area contributed by atoms with Gasteiger partial charge in [-0.2, -0.15) is 10.2 Å². The molecule has 0 unspecified atom stereocenters. The van der Waals surface area contributed by atoms with Crippen LogP contribution in [0.25, 0.3) is 11.0 Å². The van der Waals surface area contributed by atoms with Crippen molar-refractivity contribution in [3.8, 4) is 0 Å². The summed E-state index contributed by atoms with van der Waals surface area (Å²) >= 11 is 12.4. The molecule has 5 aliphatic heterocycles. The Morgan fingerprint density at radius 3 is 1.48 bits per heavy atom. The lowest BCUT2D eigenvalue weighted by Crippen LogP contribution is -2.57. The fourth-order valence-electron chi connectivity index (χ4n) is 16.3. The van der Waals surface area contributed by atoms with Crippen LogP contribution in [0.3, 0.4) is 0 Å². The van der Waals surface area contributed by atoms with E-state index in [4.69, 9.17) is 28.2 Å². The van der Waals surface area contributed by atoms with E-state index in [0.717, 1.165) is 124 Å². The van der Waals surface area contributed by atoms with Crippen molar-refractivity contribution in [2.75, 3.05) is 63.8 Å². The number of nitrogens with one attached hydrogen (secondary N) is 4. The number of rotatable bonds is 18. The summed E-state index contributed by atoms with van der Waals surface area (Å²) in [5.74, 6) is -0.497. The van der Waals surface area contributed by atoms with Gasteiger partial charge in [0.15, 0.2) is 0 Å². The third-order valence-electron chi connectivity index (χ3n) is 21.5. The van der Waals surface area contributed by atoms with Gasteiger partial charge < -0.3 is 35.2 Å². The average molecular weight is 1280 g/mol. The largest absolute Gasteiger partial charge is 0.342 e. The van der Waals surface area contributed by atoms with Gasteiger partial charge >= 0.3 is 0 Å². The number of alkyl halides is 2. The van der Waals surface area contributed by atoms with Crippen LogP contribution in [-0.4, -0.2) is 167 Å². The fraction of sp³-hybridized carbons (Fsp3) is 0.618. The van der Waals surface area contributed by atoms with Gasteiger partial charge in [0.2, 0.25) is 23.7 Å². The van der Waals surface area contributed by atoms with Crippen LogP contribution in [0.2, 0.25) is 10.0 Å². The quantitative estimate of drug-likeness (QED) is 0.0638. The van der Waals surface area contributed by atoms with Gasteiger partial charge in [0.05, 0.1) is 35.7 Å². The highest BCUT2D eigenvalue weighted by Gasteiger charge is 2.47. The Bertz CT molecular complexity index is 3200. The number of para-hydroxylation sites is 2. The van der Waals surface area contributed by atoms with Crippen molar-refractivity contribution in [2.24, 2.45) is 22.7 Å². The molecule has 3 amide bonds. The van der Waals surface area contributed by atoms with Crippen LogP contribution in [0.15, 0.2) is 98.1 Å². The van der Waals surface area contributed by atoms with Gasteiger partial charge in [-0.25, -0.2) is 23.7 Å². The summed E-state index contributed by atoms with van der Waals surface area (Å²) in [5, 5.41) is 20.5. The van der Waals surface area contributed by atoms with E-state index in [9.17, 15) is 23.2 Å². The monoisotopic (exact) mass is 1270 g/mol. The molecule has 6 aromatic rings. The number of aromatic amines is 1. The molecule has 0 bridgehead atoms. The predicted octanol–water partition coefficient (Wildman–Crippen LogP) is 10.2. The number of anilines is 1. The van der Waals surface area contributed by atoms with Gasteiger partial charge in [0, 0.05) is 94.0 Å². The summed E-state index contributed by atoms with van der Waals surface area (Å²) in [4.78, 5) is 66.3. The number of aromatic nitrogens is 8. The molecule has 7 aliphatic rings. The maximum Gasteiger partial charge on any atom is 0.262 e. The molecule has 18 nitrogen and oxygen atoms in total. The van der Waals surface area contributed by atoms with Gasteiger partial charge in [-0.3, -0.25) is 29.1 Å². The minimum absolute atomic E-state index is 0.0479. The Kier molecular flexibility index (Phi) is 20.8. The second kappa shape index (κ2) is 29.3. The number of nitrogens with zero attached hydrogens (tertiary/aromatic N) is 11. The summed E-state index contributed by atoms with van der Waals surface area (Å²) in [6, 6.07) is 22.6. The van der Waals surface area contributed by atoms with Crippen molar-refractivity contribution < 1.29 is 23.2 Å². The minimum Gasteiger partial charge on any atom is -0.342 e. The third-order valence-corrected chi connectivity index (χ3v) is 22.0. The highest BCUT2D eigenvalue weighted by atomic mass is 35.5. The topological polar surface area (TPSA) is 190 Å².